The van der Waals surface area contributed by atoms with Gasteiger partial charge in [-0.2, -0.15) is 0 Å². The summed E-state index contributed by atoms with van der Waals surface area (Å²) in [6.07, 6.45) is 1.26. The molecule has 4 rings (SSSR count). The molecule has 172 valence electrons. The number of amides is 2. The second-order valence-electron chi connectivity index (χ2n) is 8.33. The van der Waals surface area contributed by atoms with E-state index >= 15 is 0 Å². The number of fused-ring (bicyclic) bond motifs is 1. The van der Waals surface area contributed by atoms with E-state index in [1.807, 2.05) is 53.4 Å². The Kier molecular flexibility index (Phi) is 7.11. The molecule has 1 aliphatic rings. The van der Waals surface area contributed by atoms with E-state index in [2.05, 4.69) is 0 Å². The Balaban J connectivity index is 1.41. The van der Waals surface area contributed by atoms with Gasteiger partial charge in [0.1, 0.15) is 5.75 Å². The summed E-state index contributed by atoms with van der Waals surface area (Å²) in [6.45, 7) is 1.48. The Morgan fingerprint density at radius 3 is 2.39 bits per heavy atom. The molecule has 1 aliphatic heterocycles. The summed E-state index contributed by atoms with van der Waals surface area (Å²) in [5, 5.41) is 2.74. The standard InChI is InChI=1S/C26H26Cl2N2O3/c1-29(16-18-6-5-9-22(27)24(18)28)25(31)17-12-14-30(15-13-17)26(32)21-10-11-23(33-2)20-8-4-3-7-19(20)21/h3-11,17H,12-16H2,1-2H3. The molecule has 5 nitrogen and oxygen atoms in total. The number of hydrogen-bond acceptors (Lipinski definition) is 3. The Morgan fingerprint density at radius 1 is 1.00 bits per heavy atom. The molecule has 0 atom stereocenters. The first kappa shape index (κ1) is 23.4. The van der Waals surface area contributed by atoms with Gasteiger partial charge in [-0.15, -0.1) is 0 Å². The Hall–Kier alpha value is -2.76. The molecule has 0 radical (unpaired) electrons. The Morgan fingerprint density at radius 2 is 1.70 bits per heavy atom. The van der Waals surface area contributed by atoms with E-state index in [9.17, 15) is 9.59 Å². The van der Waals surface area contributed by atoms with Gasteiger partial charge in [0.2, 0.25) is 5.91 Å². The fourth-order valence-corrected chi connectivity index (χ4v) is 4.83. The van der Waals surface area contributed by atoms with Crippen molar-refractivity contribution in [3.63, 3.8) is 0 Å². The highest BCUT2D eigenvalue weighted by molar-refractivity contribution is 6.42. The molecule has 1 heterocycles. The van der Waals surface area contributed by atoms with Crippen LogP contribution in [-0.4, -0.2) is 48.9 Å². The lowest BCUT2D eigenvalue weighted by atomic mass is 9.94. The predicted octanol–water partition coefficient (Wildman–Crippen LogP) is 5.67. The molecule has 3 aromatic carbocycles. The second-order valence-corrected chi connectivity index (χ2v) is 9.12. The topological polar surface area (TPSA) is 49.9 Å². The first-order valence-electron chi connectivity index (χ1n) is 10.9. The largest absolute Gasteiger partial charge is 0.496 e. The van der Waals surface area contributed by atoms with Crippen LogP contribution in [0.3, 0.4) is 0 Å². The minimum Gasteiger partial charge on any atom is -0.496 e. The number of benzene rings is 3. The molecular formula is C26H26Cl2N2O3. The van der Waals surface area contributed by atoms with Crippen LogP contribution in [0.15, 0.2) is 54.6 Å². The van der Waals surface area contributed by atoms with Gasteiger partial charge in [-0.25, -0.2) is 0 Å². The number of rotatable bonds is 5. The molecule has 0 saturated carbocycles. The first-order chi connectivity index (χ1) is 15.9. The number of ether oxygens (including phenoxy) is 1. The van der Waals surface area contributed by atoms with Crippen molar-refractivity contribution in [2.24, 2.45) is 5.92 Å². The number of nitrogens with zero attached hydrogens (tertiary/aromatic N) is 2. The van der Waals surface area contributed by atoms with Crippen LogP contribution in [0.2, 0.25) is 10.0 Å². The van der Waals surface area contributed by atoms with Gasteiger partial charge in [0.25, 0.3) is 5.91 Å². The fourth-order valence-electron chi connectivity index (χ4n) is 4.45. The second kappa shape index (κ2) is 10.0. The number of methoxy groups -OCH3 is 1. The number of halogens is 2. The van der Waals surface area contributed by atoms with Crippen molar-refractivity contribution in [3.8, 4) is 5.75 Å². The molecule has 0 N–H and O–H groups in total. The van der Waals surface area contributed by atoms with E-state index in [1.165, 1.54) is 0 Å². The molecule has 1 fully saturated rings. The molecule has 3 aromatic rings. The monoisotopic (exact) mass is 484 g/mol. The predicted molar refractivity (Wildman–Crippen MR) is 132 cm³/mol. The molecule has 0 aromatic heterocycles. The summed E-state index contributed by atoms with van der Waals surface area (Å²) < 4.78 is 5.44. The summed E-state index contributed by atoms with van der Waals surface area (Å²) in [5.74, 6) is 0.672. The van der Waals surface area contributed by atoms with Crippen LogP contribution in [0.4, 0.5) is 0 Å². The van der Waals surface area contributed by atoms with Gasteiger partial charge in [0.05, 0.1) is 17.2 Å². The number of carbonyl (C=O) groups excluding carboxylic acids is 2. The van der Waals surface area contributed by atoms with Crippen LogP contribution >= 0.6 is 23.2 Å². The summed E-state index contributed by atoms with van der Waals surface area (Å²) in [7, 11) is 3.41. The zero-order valence-electron chi connectivity index (χ0n) is 18.7. The quantitative estimate of drug-likeness (QED) is 0.468. The van der Waals surface area contributed by atoms with Crippen molar-refractivity contribution in [1.82, 2.24) is 9.80 Å². The molecule has 0 bridgehead atoms. The van der Waals surface area contributed by atoms with E-state index in [0.29, 0.717) is 48.1 Å². The van der Waals surface area contributed by atoms with Crippen molar-refractivity contribution in [1.29, 1.82) is 0 Å². The third-order valence-corrected chi connectivity index (χ3v) is 7.14. The third-order valence-electron chi connectivity index (χ3n) is 6.28. The van der Waals surface area contributed by atoms with Gasteiger partial charge in [0, 0.05) is 43.5 Å². The van der Waals surface area contributed by atoms with Gasteiger partial charge >= 0.3 is 0 Å². The maximum absolute atomic E-state index is 13.3. The minimum atomic E-state index is -0.121. The van der Waals surface area contributed by atoms with Gasteiger partial charge in [-0.05, 0) is 42.0 Å². The van der Waals surface area contributed by atoms with E-state index < -0.39 is 0 Å². The van der Waals surface area contributed by atoms with Crippen molar-refractivity contribution in [3.05, 3.63) is 75.8 Å². The summed E-state index contributed by atoms with van der Waals surface area (Å²) >= 11 is 12.4. The molecule has 0 aliphatic carbocycles. The van der Waals surface area contributed by atoms with Crippen LogP contribution in [0.1, 0.15) is 28.8 Å². The Bertz CT molecular complexity index is 1190. The van der Waals surface area contributed by atoms with E-state index in [4.69, 9.17) is 27.9 Å². The zero-order valence-corrected chi connectivity index (χ0v) is 20.2. The van der Waals surface area contributed by atoms with Crippen molar-refractivity contribution < 1.29 is 14.3 Å². The van der Waals surface area contributed by atoms with Gasteiger partial charge in [-0.3, -0.25) is 9.59 Å². The molecule has 33 heavy (non-hydrogen) atoms. The highest BCUT2D eigenvalue weighted by atomic mass is 35.5. The maximum atomic E-state index is 13.3. The lowest BCUT2D eigenvalue weighted by Crippen LogP contribution is -2.43. The van der Waals surface area contributed by atoms with Gasteiger partial charge in [0.15, 0.2) is 0 Å². The van der Waals surface area contributed by atoms with E-state index in [0.717, 1.165) is 22.1 Å². The molecular weight excluding hydrogens is 459 g/mol. The summed E-state index contributed by atoms with van der Waals surface area (Å²) in [5.41, 5.74) is 1.47. The van der Waals surface area contributed by atoms with Crippen molar-refractivity contribution >= 4 is 45.8 Å². The fraction of sp³-hybridized carbons (Fsp3) is 0.308. The third kappa shape index (κ3) is 4.80. The summed E-state index contributed by atoms with van der Waals surface area (Å²) in [6, 6.07) is 16.8. The van der Waals surface area contributed by atoms with Crippen LogP contribution < -0.4 is 4.74 Å². The van der Waals surface area contributed by atoms with Crippen LogP contribution in [-0.2, 0) is 11.3 Å². The highest BCUT2D eigenvalue weighted by Gasteiger charge is 2.30. The minimum absolute atomic E-state index is 0.0150. The number of hydrogen-bond donors (Lipinski definition) is 0. The first-order valence-corrected chi connectivity index (χ1v) is 11.7. The van der Waals surface area contributed by atoms with Crippen LogP contribution in [0, 0.1) is 5.92 Å². The number of likely N-dealkylation sites (tertiary alicyclic amines) is 1. The molecule has 1 saturated heterocycles. The molecule has 0 spiro atoms. The lowest BCUT2D eigenvalue weighted by Gasteiger charge is -2.33. The van der Waals surface area contributed by atoms with E-state index in [1.54, 1.807) is 25.1 Å². The molecule has 2 amide bonds. The zero-order chi connectivity index (χ0) is 23.5. The highest BCUT2D eigenvalue weighted by Crippen LogP contribution is 2.31. The average molecular weight is 485 g/mol. The van der Waals surface area contributed by atoms with Crippen molar-refractivity contribution in [2.45, 2.75) is 19.4 Å². The van der Waals surface area contributed by atoms with Crippen LogP contribution in [0.25, 0.3) is 10.8 Å². The Labute approximate surface area is 203 Å². The smallest absolute Gasteiger partial charge is 0.254 e. The van der Waals surface area contributed by atoms with Crippen molar-refractivity contribution in [2.75, 3.05) is 27.2 Å². The maximum Gasteiger partial charge on any atom is 0.254 e. The van der Waals surface area contributed by atoms with Gasteiger partial charge in [-0.1, -0.05) is 59.6 Å². The summed E-state index contributed by atoms with van der Waals surface area (Å²) in [4.78, 5) is 29.9. The molecule has 7 heteroatoms. The normalized spacial score (nSPS) is 14.4. The van der Waals surface area contributed by atoms with Crippen LogP contribution in [0.5, 0.6) is 5.75 Å². The molecule has 0 unspecified atom stereocenters. The lowest BCUT2D eigenvalue weighted by molar-refractivity contribution is -0.136. The van der Waals surface area contributed by atoms with E-state index in [-0.39, 0.29) is 17.7 Å². The SMILES string of the molecule is COc1ccc(C(=O)N2CCC(C(=O)N(C)Cc3cccc(Cl)c3Cl)CC2)c2ccccc12. The number of carbonyl (C=O) groups is 2. The average Bonchev–Trinajstić information content (AvgIpc) is 2.85. The van der Waals surface area contributed by atoms with Gasteiger partial charge < -0.3 is 14.5 Å². The number of piperidine rings is 1.